The van der Waals surface area contributed by atoms with Gasteiger partial charge in [0.05, 0.1) is 5.92 Å². The van der Waals surface area contributed by atoms with Crippen LogP contribution < -0.4 is 0 Å². The van der Waals surface area contributed by atoms with E-state index < -0.39 is 11.9 Å². The van der Waals surface area contributed by atoms with Gasteiger partial charge in [0.1, 0.15) is 5.69 Å². The van der Waals surface area contributed by atoms with Crippen molar-refractivity contribution in [2.75, 3.05) is 13.1 Å². The van der Waals surface area contributed by atoms with E-state index in [1.165, 1.54) is 0 Å². The van der Waals surface area contributed by atoms with Crippen molar-refractivity contribution in [2.24, 2.45) is 13.0 Å². The van der Waals surface area contributed by atoms with E-state index in [1.54, 1.807) is 11.0 Å². The number of carbonyl (C=O) groups excluding carboxylic acids is 1. The monoisotopic (exact) mass is 376 g/mol. The zero-order chi connectivity index (χ0) is 16.6. The van der Waals surface area contributed by atoms with Crippen LogP contribution in [0.15, 0.2) is 40.9 Å². The summed E-state index contributed by atoms with van der Waals surface area (Å²) in [7, 11) is 1.86. The topological polar surface area (TPSA) is 62.5 Å². The van der Waals surface area contributed by atoms with Crippen molar-refractivity contribution in [1.29, 1.82) is 0 Å². The molecule has 1 aromatic carbocycles. The number of aromatic nitrogens is 1. The van der Waals surface area contributed by atoms with Crippen LogP contribution in [-0.2, 0) is 11.8 Å². The van der Waals surface area contributed by atoms with Crippen LogP contribution in [-0.4, -0.2) is 39.5 Å². The fraction of sp³-hybridized carbons (Fsp3) is 0.294. The van der Waals surface area contributed by atoms with Gasteiger partial charge in [-0.1, -0.05) is 28.1 Å². The van der Waals surface area contributed by atoms with Gasteiger partial charge in [0.15, 0.2) is 0 Å². The summed E-state index contributed by atoms with van der Waals surface area (Å²) in [5.74, 6) is -1.40. The lowest BCUT2D eigenvalue weighted by Gasteiger charge is -2.17. The molecule has 2 aromatic rings. The Kier molecular flexibility index (Phi) is 4.26. The van der Waals surface area contributed by atoms with E-state index in [0.29, 0.717) is 18.7 Å². The number of hydrogen-bond acceptors (Lipinski definition) is 2. The number of carboxylic acid groups (broad SMARTS) is 1. The largest absolute Gasteiger partial charge is 0.481 e. The second kappa shape index (κ2) is 6.20. The lowest BCUT2D eigenvalue weighted by atomic mass is 10.1. The van der Waals surface area contributed by atoms with Crippen LogP contribution in [0.25, 0.3) is 11.3 Å². The van der Waals surface area contributed by atoms with Gasteiger partial charge in [0.25, 0.3) is 5.91 Å². The molecule has 5 nitrogen and oxygen atoms in total. The van der Waals surface area contributed by atoms with Crippen LogP contribution in [0.3, 0.4) is 0 Å². The summed E-state index contributed by atoms with van der Waals surface area (Å²) >= 11 is 3.41. The summed E-state index contributed by atoms with van der Waals surface area (Å²) in [6.45, 7) is 0.779. The number of carboxylic acids is 1. The third-order valence-corrected chi connectivity index (χ3v) is 4.83. The molecular weight excluding hydrogens is 360 g/mol. The average molecular weight is 377 g/mol. The van der Waals surface area contributed by atoms with Gasteiger partial charge in [0.2, 0.25) is 0 Å². The van der Waals surface area contributed by atoms with E-state index in [-0.39, 0.29) is 12.5 Å². The Bertz CT molecular complexity index is 752. The smallest absolute Gasteiger partial charge is 0.308 e. The van der Waals surface area contributed by atoms with Gasteiger partial charge >= 0.3 is 5.97 Å². The standard InChI is InChI=1S/C17H17BrN2O3/c1-19-14(11-2-4-13(18)5-3-11)6-7-15(19)16(21)20-9-8-12(10-20)17(22)23/h2-7,12H,8-10H2,1H3,(H,22,23)/t12-/m0/s1. The van der Waals surface area contributed by atoms with Crippen molar-refractivity contribution in [2.45, 2.75) is 6.42 Å². The lowest BCUT2D eigenvalue weighted by molar-refractivity contribution is -0.141. The number of likely N-dealkylation sites (tertiary alicyclic amines) is 1. The Labute approximate surface area is 142 Å². The van der Waals surface area contributed by atoms with Gasteiger partial charge in [-0.15, -0.1) is 0 Å². The fourth-order valence-corrected chi connectivity index (χ4v) is 3.21. The van der Waals surface area contributed by atoms with E-state index in [9.17, 15) is 9.59 Å². The van der Waals surface area contributed by atoms with E-state index in [2.05, 4.69) is 15.9 Å². The number of carbonyl (C=O) groups is 2. The number of amides is 1. The van der Waals surface area contributed by atoms with Crippen LogP contribution >= 0.6 is 15.9 Å². The van der Waals surface area contributed by atoms with Crippen LogP contribution in [0.5, 0.6) is 0 Å². The molecule has 1 amide bonds. The fourth-order valence-electron chi connectivity index (χ4n) is 2.94. The van der Waals surface area contributed by atoms with Gasteiger partial charge in [-0.2, -0.15) is 0 Å². The predicted octanol–water partition coefficient (Wildman–Crippen LogP) is 3.00. The molecule has 23 heavy (non-hydrogen) atoms. The minimum Gasteiger partial charge on any atom is -0.481 e. The molecule has 1 aromatic heterocycles. The maximum absolute atomic E-state index is 12.6. The molecule has 1 aliphatic heterocycles. The summed E-state index contributed by atoms with van der Waals surface area (Å²) in [5.41, 5.74) is 2.56. The zero-order valence-corrected chi connectivity index (χ0v) is 14.3. The maximum atomic E-state index is 12.6. The summed E-state index contributed by atoms with van der Waals surface area (Å²) in [5, 5.41) is 9.07. The van der Waals surface area contributed by atoms with Crippen LogP contribution in [0, 0.1) is 5.92 Å². The Hall–Kier alpha value is -2.08. The molecule has 0 aliphatic carbocycles. The van der Waals surface area contributed by atoms with Gasteiger partial charge < -0.3 is 14.6 Å². The number of nitrogens with zero attached hydrogens (tertiary/aromatic N) is 2. The molecule has 6 heteroatoms. The highest BCUT2D eigenvalue weighted by molar-refractivity contribution is 9.10. The molecule has 1 aliphatic rings. The first-order valence-corrected chi connectivity index (χ1v) is 8.20. The van der Waals surface area contributed by atoms with Crippen molar-refractivity contribution < 1.29 is 14.7 Å². The Morgan fingerprint density at radius 3 is 2.48 bits per heavy atom. The lowest BCUT2D eigenvalue weighted by Crippen LogP contribution is -2.31. The Balaban J connectivity index is 1.83. The summed E-state index contributed by atoms with van der Waals surface area (Å²) in [4.78, 5) is 25.3. The molecular formula is C17H17BrN2O3. The average Bonchev–Trinajstić information content (AvgIpc) is 3.15. The molecule has 1 atom stereocenters. The number of benzene rings is 1. The predicted molar refractivity (Wildman–Crippen MR) is 90.2 cm³/mol. The van der Waals surface area contributed by atoms with Crippen molar-refractivity contribution in [3.8, 4) is 11.3 Å². The Morgan fingerprint density at radius 2 is 1.87 bits per heavy atom. The van der Waals surface area contributed by atoms with Crippen molar-refractivity contribution >= 4 is 27.8 Å². The highest BCUT2D eigenvalue weighted by Crippen LogP contribution is 2.25. The molecule has 120 valence electrons. The van der Waals surface area contributed by atoms with Crippen molar-refractivity contribution in [3.05, 3.63) is 46.6 Å². The number of hydrogen-bond donors (Lipinski definition) is 1. The molecule has 0 unspecified atom stereocenters. The van der Waals surface area contributed by atoms with Crippen LogP contribution in [0.1, 0.15) is 16.9 Å². The third kappa shape index (κ3) is 3.03. The van der Waals surface area contributed by atoms with Crippen LogP contribution in [0.2, 0.25) is 0 Å². The van der Waals surface area contributed by atoms with Gasteiger partial charge in [0, 0.05) is 30.3 Å². The second-order valence-corrected chi connectivity index (χ2v) is 6.66. The van der Waals surface area contributed by atoms with E-state index in [1.807, 2.05) is 41.9 Å². The van der Waals surface area contributed by atoms with E-state index in [4.69, 9.17) is 5.11 Å². The molecule has 0 spiro atoms. The Morgan fingerprint density at radius 1 is 1.17 bits per heavy atom. The van der Waals surface area contributed by atoms with E-state index >= 15 is 0 Å². The number of halogens is 1. The molecule has 1 saturated heterocycles. The molecule has 1 fully saturated rings. The minimum atomic E-state index is -0.831. The molecule has 0 saturated carbocycles. The SMILES string of the molecule is Cn1c(C(=O)N2CC[C@H](C(=O)O)C2)ccc1-c1ccc(Br)cc1. The van der Waals surface area contributed by atoms with E-state index in [0.717, 1.165) is 15.7 Å². The quantitative estimate of drug-likeness (QED) is 0.895. The first-order chi connectivity index (χ1) is 11.0. The number of aliphatic carboxylic acids is 1. The third-order valence-electron chi connectivity index (χ3n) is 4.31. The molecule has 1 N–H and O–H groups in total. The zero-order valence-electron chi connectivity index (χ0n) is 12.7. The molecule has 0 radical (unpaired) electrons. The molecule has 2 heterocycles. The van der Waals surface area contributed by atoms with Crippen molar-refractivity contribution in [3.63, 3.8) is 0 Å². The number of rotatable bonds is 3. The summed E-state index contributed by atoms with van der Waals surface area (Å²) in [6.07, 6.45) is 0.519. The maximum Gasteiger partial charge on any atom is 0.308 e. The van der Waals surface area contributed by atoms with Crippen molar-refractivity contribution in [1.82, 2.24) is 9.47 Å². The van der Waals surface area contributed by atoms with Gasteiger partial charge in [-0.25, -0.2) is 0 Å². The molecule has 3 rings (SSSR count). The normalized spacial score (nSPS) is 17.5. The first-order valence-electron chi connectivity index (χ1n) is 7.41. The highest BCUT2D eigenvalue weighted by Gasteiger charge is 2.32. The summed E-state index contributed by atoms with van der Waals surface area (Å²) < 4.78 is 2.86. The first kappa shape index (κ1) is 15.8. The highest BCUT2D eigenvalue weighted by atomic mass is 79.9. The second-order valence-electron chi connectivity index (χ2n) is 5.74. The summed E-state index contributed by atoms with van der Waals surface area (Å²) in [6, 6.07) is 11.6. The van der Waals surface area contributed by atoms with Gasteiger partial charge in [-0.05, 0) is 36.2 Å². The van der Waals surface area contributed by atoms with Gasteiger partial charge in [-0.3, -0.25) is 9.59 Å². The minimum absolute atomic E-state index is 0.111. The molecule has 0 bridgehead atoms. The van der Waals surface area contributed by atoms with Crippen LogP contribution in [0.4, 0.5) is 0 Å².